The molecule has 0 unspecified atom stereocenters. The molecule has 5 nitrogen and oxygen atoms in total. The highest BCUT2D eigenvalue weighted by molar-refractivity contribution is 6.31. The third-order valence-corrected chi connectivity index (χ3v) is 7.74. The van der Waals surface area contributed by atoms with Gasteiger partial charge in [0.25, 0.3) is 5.91 Å². The van der Waals surface area contributed by atoms with Crippen LogP contribution in [0.2, 0.25) is 5.02 Å². The maximum Gasteiger partial charge on any atom is 0.254 e. The SMILES string of the molecule is Cc1cc(C)n(-c2cccc(C(=O)N3CC[C@@]4(O)CCCC[C@H]4[C@@H]3c3ccccc3Cl)c2)n1. The molecule has 3 aromatic rings. The summed E-state index contributed by atoms with van der Waals surface area (Å²) in [5, 5.41) is 16.7. The van der Waals surface area contributed by atoms with Gasteiger partial charge in [0.1, 0.15) is 0 Å². The molecular formula is C27H30ClN3O2. The maximum atomic E-state index is 13.9. The monoisotopic (exact) mass is 463 g/mol. The largest absolute Gasteiger partial charge is 0.389 e. The van der Waals surface area contributed by atoms with E-state index in [0.717, 1.165) is 48.3 Å². The van der Waals surface area contributed by atoms with E-state index in [0.29, 0.717) is 23.6 Å². The normalized spacial score (nSPS) is 25.0. The summed E-state index contributed by atoms with van der Waals surface area (Å²) in [7, 11) is 0. The van der Waals surface area contributed by atoms with Gasteiger partial charge in [0, 0.05) is 28.7 Å². The van der Waals surface area contributed by atoms with Gasteiger partial charge in [-0.05, 0) is 69.0 Å². The molecule has 1 saturated heterocycles. The molecule has 2 fully saturated rings. The Morgan fingerprint density at radius 2 is 1.91 bits per heavy atom. The number of fused-ring (bicyclic) bond motifs is 1. The second-order valence-corrected chi connectivity index (χ2v) is 9.97. The van der Waals surface area contributed by atoms with Crippen LogP contribution in [-0.2, 0) is 0 Å². The van der Waals surface area contributed by atoms with Crippen LogP contribution in [0.1, 0.15) is 65.5 Å². The standard InChI is InChI=1S/C27H30ClN3O2/c1-18-16-19(2)31(29-18)21-9-7-8-20(17-21)26(32)30-15-14-27(33)13-6-5-11-23(27)25(30)22-10-3-4-12-24(22)28/h3-4,7-10,12,16-17,23,25,33H,5-6,11,13-15H2,1-2H3/t23-,25-,27-/m0/s1. The Balaban J connectivity index is 1.55. The number of benzene rings is 2. The molecule has 33 heavy (non-hydrogen) atoms. The lowest BCUT2D eigenvalue weighted by Gasteiger charge is -2.52. The van der Waals surface area contributed by atoms with Gasteiger partial charge < -0.3 is 10.0 Å². The second kappa shape index (κ2) is 8.62. The number of amides is 1. The van der Waals surface area contributed by atoms with Crippen LogP contribution < -0.4 is 0 Å². The first-order valence-electron chi connectivity index (χ1n) is 11.8. The van der Waals surface area contributed by atoms with Crippen molar-refractivity contribution in [1.29, 1.82) is 0 Å². The topological polar surface area (TPSA) is 58.4 Å². The number of aromatic nitrogens is 2. The number of hydrogen-bond acceptors (Lipinski definition) is 3. The first kappa shape index (κ1) is 22.2. The van der Waals surface area contributed by atoms with Crippen molar-refractivity contribution in [2.24, 2.45) is 5.92 Å². The minimum absolute atomic E-state index is 0.0250. The molecule has 6 heteroatoms. The Kier molecular flexibility index (Phi) is 5.79. The van der Waals surface area contributed by atoms with Gasteiger partial charge >= 0.3 is 0 Å². The molecule has 2 aromatic carbocycles. The number of nitrogens with zero attached hydrogens (tertiary/aromatic N) is 3. The Morgan fingerprint density at radius 1 is 1.09 bits per heavy atom. The highest BCUT2D eigenvalue weighted by atomic mass is 35.5. The fourth-order valence-electron chi connectivity index (χ4n) is 5.84. The molecule has 172 valence electrons. The molecule has 1 saturated carbocycles. The molecule has 0 bridgehead atoms. The minimum atomic E-state index is -0.746. The summed E-state index contributed by atoms with van der Waals surface area (Å²) < 4.78 is 1.87. The van der Waals surface area contributed by atoms with E-state index in [1.54, 1.807) is 0 Å². The lowest BCUT2D eigenvalue weighted by Crippen LogP contribution is -2.56. The van der Waals surface area contributed by atoms with E-state index >= 15 is 0 Å². The van der Waals surface area contributed by atoms with Gasteiger partial charge in [-0.1, -0.05) is 48.7 Å². The highest BCUT2D eigenvalue weighted by Crippen LogP contribution is 2.50. The Hall–Kier alpha value is -2.63. The van der Waals surface area contributed by atoms with Gasteiger partial charge in [-0.3, -0.25) is 4.79 Å². The van der Waals surface area contributed by atoms with Crippen LogP contribution >= 0.6 is 11.6 Å². The van der Waals surface area contributed by atoms with Gasteiger partial charge in [-0.15, -0.1) is 0 Å². The zero-order chi connectivity index (χ0) is 23.2. The van der Waals surface area contributed by atoms with Gasteiger partial charge in [0.15, 0.2) is 0 Å². The first-order valence-corrected chi connectivity index (χ1v) is 12.2. The smallest absolute Gasteiger partial charge is 0.254 e. The summed E-state index contributed by atoms with van der Waals surface area (Å²) in [5.74, 6) is -0.0565. The van der Waals surface area contributed by atoms with E-state index in [4.69, 9.17) is 11.6 Å². The Morgan fingerprint density at radius 3 is 2.67 bits per heavy atom. The number of aliphatic hydroxyl groups is 1. The zero-order valence-corrected chi connectivity index (χ0v) is 19.9. The zero-order valence-electron chi connectivity index (χ0n) is 19.2. The quantitative estimate of drug-likeness (QED) is 0.546. The number of aryl methyl sites for hydroxylation is 2. The molecule has 1 aliphatic heterocycles. The number of halogens is 1. The number of rotatable bonds is 3. The predicted molar refractivity (Wildman–Crippen MR) is 130 cm³/mol. The van der Waals surface area contributed by atoms with Crippen molar-refractivity contribution in [2.75, 3.05) is 6.54 Å². The highest BCUT2D eigenvalue weighted by Gasteiger charge is 2.50. The minimum Gasteiger partial charge on any atom is -0.389 e. The number of carbonyl (C=O) groups excluding carboxylic acids is 1. The van der Waals surface area contributed by atoms with Gasteiger partial charge in [-0.2, -0.15) is 5.10 Å². The number of hydrogen-bond donors (Lipinski definition) is 1. The number of piperidine rings is 1. The molecule has 1 N–H and O–H groups in total. The van der Waals surface area contributed by atoms with E-state index in [-0.39, 0.29) is 17.9 Å². The van der Waals surface area contributed by atoms with Crippen molar-refractivity contribution < 1.29 is 9.90 Å². The van der Waals surface area contributed by atoms with Gasteiger partial charge in [0.2, 0.25) is 0 Å². The van der Waals surface area contributed by atoms with Crippen LogP contribution in [0.4, 0.5) is 0 Å². The van der Waals surface area contributed by atoms with Crippen molar-refractivity contribution in [1.82, 2.24) is 14.7 Å². The van der Waals surface area contributed by atoms with Crippen LogP contribution in [0.25, 0.3) is 5.69 Å². The molecule has 3 atom stereocenters. The van der Waals surface area contributed by atoms with Crippen molar-refractivity contribution in [3.05, 3.63) is 82.1 Å². The third-order valence-electron chi connectivity index (χ3n) is 7.40. The summed E-state index contributed by atoms with van der Waals surface area (Å²) >= 11 is 6.64. The predicted octanol–water partition coefficient (Wildman–Crippen LogP) is 5.65. The van der Waals surface area contributed by atoms with Gasteiger partial charge in [-0.25, -0.2) is 4.68 Å². The lowest BCUT2D eigenvalue weighted by molar-refractivity contribution is -0.114. The molecule has 5 rings (SSSR count). The molecule has 0 radical (unpaired) electrons. The molecule has 1 amide bonds. The van der Waals surface area contributed by atoms with Crippen LogP contribution in [0.3, 0.4) is 0 Å². The molecular weight excluding hydrogens is 434 g/mol. The number of likely N-dealkylation sites (tertiary alicyclic amines) is 1. The average Bonchev–Trinajstić information content (AvgIpc) is 3.16. The molecule has 2 heterocycles. The molecule has 1 aliphatic carbocycles. The third kappa shape index (κ3) is 3.98. The lowest BCUT2D eigenvalue weighted by atomic mass is 9.66. The summed E-state index contributed by atoms with van der Waals surface area (Å²) in [4.78, 5) is 15.9. The summed E-state index contributed by atoms with van der Waals surface area (Å²) in [5.41, 5.74) is 3.63. The van der Waals surface area contributed by atoms with E-state index in [9.17, 15) is 9.90 Å². The summed E-state index contributed by atoms with van der Waals surface area (Å²) in [6.45, 7) is 4.48. The van der Waals surface area contributed by atoms with E-state index in [1.165, 1.54) is 0 Å². The number of carbonyl (C=O) groups is 1. The molecule has 0 spiro atoms. The Bertz CT molecular complexity index is 1190. The van der Waals surface area contributed by atoms with E-state index < -0.39 is 5.60 Å². The van der Waals surface area contributed by atoms with Crippen molar-refractivity contribution in [3.8, 4) is 5.69 Å². The van der Waals surface area contributed by atoms with Crippen LogP contribution in [0, 0.1) is 19.8 Å². The maximum absolute atomic E-state index is 13.9. The molecule has 2 aliphatic rings. The fourth-order valence-corrected chi connectivity index (χ4v) is 6.08. The first-order chi connectivity index (χ1) is 15.9. The van der Waals surface area contributed by atoms with Crippen LogP contribution in [-0.4, -0.2) is 37.8 Å². The van der Waals surface area contributed by atoms with Crippen LogP contribution in [0.15, 0.2) is 54.6 Å². The van der Waals surface area contributed by atoms with E-state index in [1.807, 2.05) is 78.0 Å². The summed E-state index contributed by atoms with van der Waals surface area (Å²) in [6.07, 6.45) is 4.36. The fraction of sp³-hybridized carbons (Fsp3) is 0.407. The van der Waals surface area contributed by atoms with E-state index in [2.05, 4.69) is 5.10 Å². The van der Waals surface area contributed by atoms with Gasteiger partial charge in [0.05, 0.1) is 23.0 Å². The summed E-state index contributed by atoms with van der Waals surface area (Å²) in [6, 6.07) is 17.2. The van der Waals surface area contributed by atoms with Crippen molar-refractivity contribution in [2.45, 2.75) is 57.6 Å². The second-order valence-electron chi connectivity index (χ2n) is 9.56. The van der Waals surface area contributed by atoms with Crippen LogP contribution in [0.5, 0.6) is 0 Å². The molecule has 1 aromatic heterocycles. The average molecular weight is 464 g/mol. The van der Waals surface area contributed by atoms with Crippen molar-refractivity contribution in [3.63, 3.8) is 0 Å². The van der Waals surface area contributed by atoms with Crippen molar-refractivity contribution >= 4 is 17.5 Å². The Labute approximate surface area is 200 Å².